The predicted molar refractivity (Wildman–Crippen MR) is 128 cm³/mol. The van der Waals surface area contributed by atoms with Crippen molar-refractivity contribution >= 4 is 18.0 Å². The number of nitrogens with one attached hydrogen (secondary N) is 1. The first-order valence-corrected chi connectivity index (χ1v) is 12.0. The smallest absolute Gasteiger partial charge is 0.407 e. The largest absolute Gasteiger partial charge is 0.479 e. The van der Waals surface area contributed by atoms with Crippen molar-refractivity contribution < 1.29 is 24.2 Å². The third-order valence-corrected chi connectivity index (χ3v) is 7.37. The normalized spacial score (nSPS) is 16.5. The maximum absolute atomic E-state index is 13.1. The van der Waals surface area contributed by atoms with Crippen molar-refractivity contribution in [1.29, 1.82) is 0 Å². The van der Waals surface area contributed by atoms with Gasteiger partial charge in [-0.05, 0) is 47.9 Å². The van der Waals surface area contributed by atoms with Gasteiger partial charge in [-0.3, -0.25) is 4.79 Å². The van der Waals surface area contributed by atoms with Gasteiger partial charge in [-0.15, -0.1) is 0 Å². The van der Waals surface area contributed by atoms with Gasteiger partial charge in [-0.25, -0.2) is 9.59 Å². The highest BCUT2D eigenvalue weighted by Crippen LogP contribution is 2.44. The number of hydrogen-bond donors (Lipinski definition) is 2. The minimum atomic E-state index is -1.12. The molecule has 2 aliphatic carbocycles. The molecule has 1 atom stereocenters. The Morgan fingerprint density at radius 3 is 2.18 bits per heavy atom. The van der Waals surface area contributed by atoms with Crippen LogP contribution in [0.5, 0.6) is 0 Å². The number of ether oxygens (including phenoxy) is 1. The Bertz CT molecular complexity index is 1030. The first-order valence-electron chi connectivity index (χ1n) is 12.0. The number of likely N-dealkylation sites (N-methyl/N-ethyl adjacent to an activating group) is 1. The highest BCUT2D eigenvalue weighted by atomic mass is 16.5. The van der Waals surface area contributed by atoms with Crippen molar-refractivity contribution in [2.45, 2.75) is 50.5 Å². The summed E-state index contributed by atoms with van der Waals surface area (Å²) in [5.41, 5.74) is 3.47. The number of carbonyl (C=O) groups excluding carboxylic acids is 2. The van der Waals surface area contributed by atoms with E-state index in [1.807, 2.05) is 31.2 Å². The van der Waals surface area contributed by atoms with Gasteiger partial charge in [0, 0.05) is 19.5 Å². The number of rotatable bonds is 9. The molecule has 0 bridgehead atoms. The Morgan fingerprint density at radius 1 is 1.09 bits per heavy atom. The van der Waals surface area contributed by atoms with E-state index in [9.17, 15) is 19.5 Å². The standard InChI is InChI=1S/C27H32N2O5/c1-3-9-18(24(30)29(2)27(25(31)32)14-8-15-27)16-28-26(33)34-17-23-21-12-6-4-10-19(21)20-11-5-7-13-22(20)23/h4-7,10-13,18,23H,3,8-9,14-17H2,1-2H3,(H,28,33)(H,31,32). The molecule has 1 saturated carbocycles. The van der Waals surface area contributed by atoms with E-state index in [2.05, 4.69) is 29.6 Å². The molecule has 0 spiro atoms. The van der Waals surface area contributed by atoms with Crippen LogP contribution in [0.15, 0.2) is 48.5 Å². The number of alkyl carbamates (subject to hydrolysis) is 1. The van der Waals surface area contributed by atoms with Crippen LogP contribution in [0.1, 0.15) is 56.1 Å². The summed E-state index contributed by atoms with van der Waals surface area (Å²) in [6.45, 7) is 2.28. The molecule has 2 aromatic rings. The van der Waals surface area contributed by atoms with E-state index in [1.165, 1.54) is 4.90 Å². The van der Waals surface area contributed by atoms with Gasteiger partial charge < -0.3 is 20.1 Å². The van der Waals surface area contributed by atoms with Crippen molar-refractivity contribution in [3.8, 4) is 11.1 Å². The number of hydrogen-bond acceptors (Lipinski definition) is 4. The number of benzene rings is 2. The third kappa shape index (κ3) is 4.27. The molecular formula is C27H32N2O5. The lowest BCUT2D eigenvalue weighted by molar-refractivity contribution is -0.165. The van der Waals surface area contributed by atoms with Gasteiger partial charge in [0.1, 0.15) is 12.1 Å². The summed E-state index contributed by atoms with van der Waals surface area (Å²) < 4.78 is 5.58. The Kier molecular flexibility index (Phi) is 6.91. The number of fused-ring (bicyclic) bond motifs is 3. The second-order valence-electron chi connectivity index (χ2n) is 9.28. The van der Waals surface area contributed by atoms with Crippen molar-refractivity contribution in [3.05, 3.63) is 59.7 Å². The van der Waals surface area contributed by atoms with E-state index in [0.29, 0.717) is 19.3 Å². The van der Waals surface area contributed by atoms with Crippen LogP contribution < -0.4 is 5.32 Å². The minimum absolute atomic E-state index is 0.0357. The Balaban J connectivity index is 1.36. The molecule has 2 aliphatic rings. The monoisotopic (exact) mass is 464 g/mol. The molecule has 0 aliphatic heterocycles. The van der Waals surface area contributed by atoms with E-state index in [0.717, 1.165) is 35.1 Å². The molecule has 2 N–H and O–H groups in total. The van der Waals surface area contributed by atoms with Gasteiger partial charge in [0.2, 0.25) is 5.91 Å². The lowest BCUT2D eigenvalue weighted by Crippen LogP contribution is -2.61. The first-order chi connectivity index (χ1) is 16.4. The van der Waals surface area contributed by atoms with E-state index < -0.39 is 23.5 Å². The summed E-state index contributed by atoms with van der Waals surface area (Å²) >= 11 is 0. The molecule has 0 heterocycles. The maximum Gasteiger partial charge on any atom is 0.407 e. The second kappa shape index (κ2) is 9.87. The molecule has 2 amide bonds. The fourth-order valence-electron chi connectivity index (χ4n) is 5.21. The summed E-state index contributed by atoms with van der Waals surface area (Å²) in [5.74, 6) is -1.74. The zero-order valence-electron chi connectivity index (χ0n) is 19.8. The van der Waals surface area contributed by atoms with Crippen molar-refractivity contribution in [2.75, 3.05) is 20.2 Å². The number of carbonyl (C=O) groups is 3. The average molecular weight is 465 g/mol. The highest BCUT2D eigenvalue weighted by molar-refractivity contribution is 5.89. The summed E-state index contributed by atoms with van der Waals surface area (Å²) in [5, 5.41) is 12.4. The van der Waals surface area contributed by atoms with Crippen LogP contribution in [0.25, 0.3) is 11.1 Å². The SMILES string of the molecule is CCCC(CNC(=O)OCC1c2ccccc2-c2ccccc21)C(=O)N(C)C1(C(=O)O)CCC1. The number of amides is 2. The zero-order chi connectivity index (χ0) is 24.3. The van der Waals surface area contributed by atoms with E-state index >= 15 is 0 Å². The summed E-state index contributed by atoms with van der Waals surface area (Å²) in [6, 6.07) is 16.3. The number of aliphatic carboxylic acids is 1. The number of carboxylic acids is 1. The van der Waals surface area contributed by atoms with Crippen LogP contribution in [0.4, 0.5) is 4.79 Å². The van der Waals surface area contributed by atoms with Crippen molar-refractivity contribution in [2.24, 2.45) is 5.92 Å². The Labute approximate surface area is 200 Å². The molecular weight excluding hydrogens is 432 g/mol. The van der Waals surface area contributed by atoms with Crippen LogP contribution in [0.3, 0.4) is 0 Å². The highest BCUT2D eigenvalue weighted by Gasteiger charge is 2.50. The fraction of sp³-hybridized carbons (Fsp3) is 0.444. The van der Waals surface area contributed by atoms with Gasteiger partial charge in [0.05, 0.1) is 5.92 Å². The van der Waals surface area contributed by atoms with Crippen LogP contribution in [0.2, 0.25) is 0 Å². The Morgan fingerprint density at radius 2 is 1.68 bits per heavy atom. The van der Waals surface area contributed by atoms with Gasteiger partial charge in [-0.1, -0.05) is 61.9 Å². The predicted octanol–water partition coefficient (Wildman–Crippen LogP) is 4.41. The topological polar surface area (TPSA) is 95.9 Å². The van der Waals surface area contributed by atoms with Crippen molar-refractivity contribution in [1.82, 2.24) is 10.2 Å². The van der Waals surface area contributed by atoms with E-state index in [4.69, 9.17) is 4.74 Å². The van der Waals surface area contributed by atoms with Crippen LogP contribution in [-0.4, -0.2) is 53.7 Å². The quantitative estimate of drug-likeness (QED) is 0.573. The molecule has 34 heavy (non-hydrogen) atoms. The lowest BCUT2D eigenvalue weighted by atomic mass is 9.75. The van der Waals surface area contributed by atoms with Gasteiger partial charge in [-0.2, -0.15) is 0 Å². The molecule has 7 nitrogen and oxygen atoms in total. The number of nitrogens with zero attached hydrogens (tertiary/aromatic N) is 1. The molecule has 1 unspecified atom stereocenters. The minimum Gasteiger partial charge on any atom is -0.479 e. The van der Waals surface area contributed by atoms with E-state index in [1.54, 1.807) is 7.05 Å². The van der Waals surface area contributed by atoms with Crippen LogP contribution in [-0.2, 0) is 14.3 Å². The van der Waals surface area contributed by atoms with Crippen LogP contribution in [0, 0.1) is 5.92 Å². The summed E-state index contributed by atoms with van der Waals surface area (Å²) in [6.07, 6.45) is 2.45. The molecule has 1 fully saturated rings. The summed E-state index contributed by atoms with van der Waals surface area (Å²) in [7, 11) is 1.56. The molecule has 0 saturated heterocycles. The molecule has 4 rings (SSSR count). The summed E-state index contributed by atoms with van der Waals surface area (Å²) in [4.78, 5) is 38.8. The lowest BCUT2D eigenvalue weighted by Gasteiger charge is -2.45. The van der Waals surface area contributed by atoms with Gasteiger partial charge in [0.25, 0.3) is 0 Å². The fourth-order valence-corrected chi connectivity index (χ4v) is 5.21. The molecule has 0 aromatic heterocycles. The second-order valence-corrected chi connectivity index (χ2v) is 9.28. The van der Waals surface area contributed by atoms with Crippen molar-refractivity contribution in [3.63, 3.8) is 0 Å². The van der Waals surface area contributed by atoms with E-state index in [-0.39, 0.29) is 25.0 Å². The molecule has 0 radical (unpaired) electrons. The Hall–Kier alpha value is -3.35. The van der Waals surface area contributed by atoms with Gasteiger partial charge in [0.15, 0.2) is 0 Å². The zero-order valence-corrected chi connectivity index (χ0v) is 19.8. The molecule has 2 aromatic carbocycles. The molecule has 7 heteroatoms. The number of carboxylic acid groups (broad SMARTS) is 1. The third-order valence-electron chi connectivity index (χ3n) is 7.37. The van der Waals surface area contributed by atoms with Crippen LogP contribution >= 0.6 is 0 Å². The molecule has 180 valence electrons. The first kappa shape index (κ1) is 23.8. The van der Waals surface area contributed by atoms with Gasteiger partial charge >= 0.3 is 12.1 Å². The average Bonchev–Trinajstić information content (AvgIpc) is 3.12. The maximum atomic E-state index is 13.1.